The molecule has 0 amide bonds. The lowest BCUT2D eigenvalue weighted by atomic mass is 10.0. The van der Waals surface area contributed by atoms with Crippen molar-refractivity contribution in [1.29, 1.82) is 0 Å². The molecule has 0 spiro atoms. The Hall–Kier alpha value is -5.01. The molecule has 11 nitrogen and oxygen atoms in total. The first-order valence-corrected chi connectivity index (χ1v) is 10.6. The van der Waals surface area contributed by atoms with E-state index >= 15 is 0 Å². The van der Waals surface area contributed by atoms with E-state index in [4.69, 9.17) is 14.4 Å². The van der Waals surface area contributed by atoms with E-state index in [2.05, 4.69) is 35.7 Å². The average Bonchev–Trinajstić information content (AvgIpc) is 3.60. The topological polar surface area (TPSA) is 148 Å². The number of aromatic nitrogens is 7. The number of aliphatic carboxylic acids is 1. The SMILES string of the molecule is Cc1ncn(-c2ccc(Nc3cc(-c4nocc4-c4cn[nH]c4C)ccn3)cc2)n1.O=C(O)C(F)(F)F. The Balaban J connectivity index is 0.000000405. The van der Waals surface area contributed by atoms with E-state index in [1.54, 1.807) is 29.7 Å². The number of pyridine rings is 1. The number of nitrogens with one attached hydrogen (secondary N) is 2. The van der Waals surface area contributed by atoms with Crippen LogP contribution in [0.4, 0.5) is 24.7 Å². The van der Waals surface area contributed by atoms with Crippen molar-refractivity contribution in [2.45, 2.75) is 20.0 Å². The molecule has 0 radical (unpaired) electrons. The summed E-state index contributed by atoms with van der Waals surface area (Å²) in [5, 5.41) is 26.0. The van der Waals surface area contributed by atoms with E-state index in [0.717, 1.165) is 45.3 Å². The summed E-state index contributed by atoms with van der Waals surface area (Å²) in [4.78, 5) is 17.5. The fourth-order valence-corrected chi connectivity index (χ4v) is 3.22. The molecule has 5 aromatic rings. The summed E-state index contributed by atoms with van der Waals surface area (Å²) >= 11 is 0. The maximum absolute atomic E-state index is 10.6. The minimum atomic E-state index is -5.08. The Bertz CT molecular complexity index is 1510. The zero-order valence-electron chi connectivity index (χ0n) is 19.4. The summed E-state index contributed by atoms with van der Waals surface area (Å²) < 4.78 is 38.7. The van der Waals surface area contributed by atoms with Crippen LogP contribution in [-0.4, -0.2) is 52.4 Å². The van der Waals surface area contributed by atoms with Gasteiger partial charge in [0, 0.05) is 28.7 Å². The lowest BCUT2D eigenvalue weighted by Crippen LogP contribution is -2.21. The fourth-order valence-electron chi connectivity index (χ4n) is 3.22. The van der Waals surface area contributed by atoms with Gasteiger partial charge in [0.05, 0.1) is 17.4 Å². The third kappa shape index (κ3) is 5.98. The number of H-pyrrole nitrogens is 1. The summed E-state index contributed by atoms with van der Waals surface area (Å²) in [5.41, 5.74) is 6.27. The second kappa shape index (κ2) is 10.3. The zero-order valence-corrected chi connectivity index (χ0v) is 19.4. The minimum absolute atomic E-state index is 0.703. The highest BCUT2D eigenvalue weighted by molar-refractivity contribution is 5.81. The lowest BCUT2D eigenvalue weighted by Gasteiger charge is -2.08. The van der Waals surface area contributed by atoms with Crippen LogP contribution in [0.15, 0.2) is 65.9 Å². The van der Waals surface area contributed by atoms with Gasteiger partial charge >= 0.3 is 12.1 Å². The van der Waals surface area contributed by atoms with E-state index in [1.807, 2.05) is 50.2 Å². The molecule has 3 N–H and O–H groups in total. The van der Waals surface area contributed by atoms with Crippen molar-refractivity contribution in [3.8, 4) is 28.1 Å². The van der Waals surface area contributed by atoms with Crippen molar-refractivity contribution in [3.05, 3.63) is 72.9 Å². The van der Waals surface area contributed by atoms with Gasteiger partial charge in [0.1, 0.15) is 29.9 Å². The summed E-state index contributed by atoms with van der Waals surface area (Å²) in [6.45, 7) is 3.82. The number of aryl methyl sites for hydroxylation is 2. The number of anilines is 2. The van der Waals surface area contributed by atoms with Gasteiger partial charge in [-0.25, -0.2) is 19.4 Å². The molecular formula is C23H19F3N8O3. The molecule has 5 rings (SSSR count). The van der Waals surface area contributed by atoms with Crippen LogP contribution in [0.25, 0.3) is 28.1 Å². The molecule has 190 valence electrons. The van der Waals surface area contributed by atoms with Crippen molar-refractivity contribution < 1.29 is 27.6 Å². The first-order chi connectivity index (χ1) is 17.6. The van der Waals surface area contributed by atoms with E-state index in [-0.39, 0.29) is 0 Å². The first kappa shape index (κ1) is 25.1. The van der Waals surface area contributed by atoms with E-state index in [1.165, 1.54) is 0 Å². The number of aromatic amines is 1. The van der Waals surface area contributed by atoms with Crippen molar-refractivity contribution >= 4 is 17.5 Å². The van der Waals surface area contributed by atoms with Crippen molar-refractivity contribution in [3.63, 3.8) is 0 Å². The Morgan fingerprint density at radius 3 is 2.43 bits per heavy atom. The number of benzene rings is 1. The molecular weight excluding hydrogens is 493 g/mol. The highest BCUT2D eigenvalue weighted by Gasteiger charge is 2.38. The van der Waals surface area contributed by atoms with Crippen LogP contribution in [0.3, 0.4) is 0 Å². The molecule has 0 aliphatic heterocycles. The average molecular weight is 512 g/mol. The quantitative estimate of drug-likeness (QED) is 0.305. The number of nitrogens with zero attached hydrogens (tertiary/aromatic N) is 6. The van der Waals surface area contributed by atoms with Crippen LogP contribution < -0.4 is 5.32 Å². The van der Waals surface area contributed by atoms with E-state index < -0.39 is 12.1 Å². The normalized spacial score (nSPS) is 11.1. The number of rotatable bonds is 5. The Kier molecular flexibility index (Phi) is 6.99. The number of alkyl halides is 3. The monoisotopic (exact) mass is 512 g/mol. The van der Waals surface area contributed by atoms with Gasteiger partial charge in [-0.2, -0.15) is 23.4 Å². The minimum Gasteiger partial charge on any atom is -0.475 e. The van der Waals surface area contributed by atoms with Crippen molar-refractivity contribution in [1.82, 2.24) is 35.1 Å². The molecule has 0 aliphatic rings. The molecule has 0 aliphatic carbocycles. The van der Waals surface area contributed by atoms with Crippen molar-refractivity contribution in [2.75, 3.05) is 5.32 Å². The molecule has 4 aromatic heterocycles. The highest BCUT2D eigenvalue weighted by Crippen LogP contribution is 2.33. The Morgan fingerprint density at radius 2 is 1.84 bits per heavy atom. The van der Waals surface area contributed by atoms with Crippen LogP contribution >= 0.6 is 0 Å². The van der Waals surface area contributed by atoms with Gasteiger partial charge < -0.3 is 14.9 Å². The van der Waals surface area contributed by atoms with Crippen LogP contribution in [0.2, 0.25) is 0 Å². The van der Waals surface area contributed by atoms with Crippen molar-refractivity contribution in [2.24, 2.45) is 0 Å². The second-order valence-corrected chi connectivity index (χ2v) is 7.63. The Labute approximate surface area is 207 Å². The van der Waals surface area contributed by atoms with Gasteiger partial charge in [-0.05, 0) is 50.2 Å². The smallest absolute Gasteiger partial charge is 0.475 e. The summed E-state index contributed by atoms with van der Waals surface area (Å²) in [7, 11) is 0. The Morgan fingerprint density at radius 1 is 1.11 bits per heavy atom. The molecule has 14 heteroatoms. The molecule has 0 unspecified atom stereocenters. The standard InChI is InChI=1S/C21H18N8O.C2HF3O2/c1-13-18(10-24-26-13)19-11-30-28-21(19)15-7-8-22-20(9-15)25-16-3-5-17(6-4-16)29-12-23-14(2)27-29;3-2(4,5)1(6)7/h3-12H,1-2H3,(H,22,25)(H,24,26);(H,6,7). The largest absolute Gasteiger partial charge is 0.490 e. The molecule has 4 heterocycles. The first-order valence-electron chi connectivity index (χ1n) is 10.6. The second-order valence-electron chi connectivity index (χ2n) is 7.63. The molecule has 37 heavy (non-hydrogen) atoms. The van der Waals surface area contributed by atoms with Crippen LogP contribution in [0.5, 0.6) is 0 Å². The third-order valence-electron chi connectivity index (χ3n) is 4.98. The number of carbonyl (C=O) groups is 1. The highest BCUT2D eigenvalue weighted by atomic mass is 19.4. The van der Waals surface area contributed by atoms with Gasteiger partial charge in [-0.15, -0.1) is 0 Å². The number of carboxylic acids is 1. The fraction of sp³-hybridized carbons (Fsp3) is 0.130. The van der Waals surface area contributed by atoms with Gasteiger partial charge in [0.25, 0.3) is 0 Å². The number of halogens is 3. The molecule has 0 saturated heterocycles. The van der Waals surface area contributed by atoms with Gasteiger partial charge in [0.15, 0.2) is 0 Å². The molecule has 0 atom stereocenters. The van der Waals surface area contributed by atoms with Gasteiger partial charge in [-0.3, -0.25) is 5.10 Å². The van der Waals surface area contributed by atoms with Gasteiger partial charge in [0.2, 0.25) is 0 Å². The maximum atomic E-state index is 10.6. The van der Waals surface area contributed by atoms with Crippen LogP contribution in [0.1, 0.15) is 11.5 Å². The molecule has 0 saturated carbocycles. The molecule has 0 bridgehead atoms. The zero-order chi connectivity index (χ0) is 26.6. The number of hydrogen-bond acceptors (Lipinski definition) is 8. The molecule has 1 aromatic carbocycles. The maximum Gasteiger partial charge on any atom is 0.490 e. The number of carboxylic acid groups (broad SMARTS) is 1. The summed E-state index contributed by atoms with van der Waals surface area (Å²) in [5.74, 6) is -1.32. The molecule has 0 fully saturated rings. The lowest BCUT2D eigenvalue weighted by molar-refractivity contribution is -0.192. The predicted octanol–water partition coefficient (Wildman–Crippen LogP) is 4.70. The summed E-state index contributed by atoms with van der Waals surface area (Å²) in [6.07, 6.45) is 1.75. The number of hydrogen-bond donors (Lipinski definition) is 3. The van der Waals surface area contributed by atoms with E-state index in [0.29, 0.717) is 5.82 Å². The van der Waals surface area contributed by atoms with E-state index in [9.17, 15) is 13.2 Å². The van der Waals surface area contributed by atoms with Crippen LogP contribution in [0, 0.1) is 13.8 Å². The predicted molar refractivity (Wildman–Crippen MR) is 125 cm³/mol. The van der Waals surface area contributed by atoms with Crippen LogP contribution in [-0.2, 0) is 4.79 Å². The van der Waals surface area contributed by atoms with Gasteiger partial charge in [-0.1, -0.05) is 5.16 Å². The third-order valence-corrected chi connectivity index (χ3v) is 4.98. The summed E-state index contributed by atoms with van der Waals surface area (Å²) in [6, 6.07) is 11.7.